The van der Waals surface area contributed by atoms with Crippen molar-refractivity contribution in [1.29, 1.82) is 0 Å². The van der Waals surface area contributed by atoms with E-state index in [4.69, 9.17) is 9.47 Å². The predicted molar refractivity (Wildman–Crippen MR) is 50.8 cm³/mol. The van der Waals surface area contributed by atoms with Crippen molar-refractivity contribution in [2.45, 2.75) is 6.10 Å². The lowest BCUT2D eigenvalue weighted by molar-refractivity contribution is 0.127. The van der Waals surface area contributed by atoms with E-state index in [1.807, 2.05) is 30.3 Å². The van der Waals surface area contributed by atoms with Gasteiger partial charge in [-0.15, -0.1) is 0 Å². The first-order chi connectivity index (χ1) is 6.42. The Morgan fingerprint density at radius 3 is 2.92 bits per heavy atom. The largest absolute Gasteiger partial charge is 0.496 e. The van der Waals surface area contributed by atoms with Gasteiger partial charge in [-0.3, -0.25) is 0 Å². The molecule has 0 aromatic heterocycles. The maximum atomic E-state index is 5.49. The third-order valence-corrected chi connectivity index (χ3v) is 2.13. The number of methoxy groups -OCH3 is 1. The van der Waals surface area contributed by atoms with E-state index in [1.54, 1.807) is 7.11 Å². The van der Waals surface area contributed by atoms with Crippen molar-refractivity contribution in [2.24, 2.45) is 0 Å². The van der Waals surface area contributed by atoms with Crippen LogP contribution in [0.1, 0.15) is 11.7 Å². The van der Waals surface area contributed by atoms with Gasteiger partial charge in [0.1, 0.15) is 11.9 Å². The van der Waals surface area contributed by atoms with E-state index < -0.39 is 0 Å². The van der Waals surface area contributed by atoms with Crippen LogP contribution in [0.15, 0.2) is 36.4 Å². The second-order valence-electron chi connectivity index (χ2n) is 2.92. The molecule has 1 aliphatic rings. The second-order valence-corrected chi connectivity index (χ2v) is 2.92. The fourth-order valence-corrected chi connectivity index (χ4v) is 1.49. The highest BCUT2D eigenvalue weighted by atomic mass is 16.5. The van der Waals surface area contributed by atoms with E-state index in [0.29, 0.717) is 6.61 Å². The highest BCUT2D eigenvalue weighted by Gasteiger charge is 2.15. The first kappa shape index (κ1) is 8.32. The molecule has 2 heteroatoms. The van der Waals surface area contributed by atoms with Crippen molar-refractivity contribution in [1.82, 2.24) is 0 Å². The highest BCUT2D eigenvalue weighted by molar-refractivity contribution is 5.37. The minimum Gasteiger partial charge on any atom is -0.496 e. The van der Waals surface area contributed by atoms with Gasteiger partial charge in [-0.2, -0.15) is 0 Å². The molecule has 0 spiro atoms. The van der Waals surface area contributed by atoms with Crippen molar-refractivity contribution in [3.8, 4) is 5.75 Å². The molecule has 0 amide bonds. The first-order valence-electron chi connectivity index (χ1n) is 4.33. The van der Waals surface area contributed by atoms with Crippen LogP contribution in [0.3, 0.4) is 0 Å². The number of ether oxygens (including phenoxy) is 2. The molecule has 1 aromatic carbocycles. The average Bonchev–Trinajstić information content (AvgIpc) is 2.70. The third kappa shape index (κ3) is 1.58. The van der Waals surface area contributed by atoms with Crippen LogP contribution in [0, 0.1) is 0 Å². The molecule has 13 heavy (non-hydrogen) atoms. The third-order valence-electron chi connectivity index (χ3n) is 2.13. The Kier molecular flexibility index (Phi) is 2.32. The lowest BCUT2D eigenvalue weighted by Crippen LogP contribution is -1.98. The van der Waals surface area contributed by atoms with Crippen LogP contribution >= 0.6 is 0 Å². The molecule has 68 valence electrons. The summed E-state index contributed by atoms with van der Waals surface area (Å²) in [4.78, 5) is 0. The summed E-state index contributed by atoms with van der Waals surface area (Å²) in [5, 5.41) is 0. The zero-order chi connectivity index (χ0) is 9.10. The van der Waals surface area contributed by atoms with Gasteiger partial charge in [0, 0.05) is 5.56 Å². The van der Waals surface area contributed by atoms with Crippen LogP contribution in [0.5, 0.6) is 5.75 Å². The van der Waals surface area contributed by atoms with Gasteiger partial charge in [-0.05, 0) is 6.07 Å². The Hall–Kier alpha value is -1.28. The molecule has 1 aromatic rings. The molecular formula is C11H12O2. The van der Waals surface area contributed by atoms with Crippen LogP contribution < -0.4 is 4.74 Å². The number of para-hydroxylation sites is 1. The summed E-state index contributed by atoms with van der Waals surface area (Å²) in [5.41, 5.74) is 1.10. The average molecular weight is 176 g/mol. The molecule has 0 unspecified atom stereocenters. The SMILES string of the molecule is COc1ccccc1[C@@H]1C=CCO1. The second kappa shape index (κ2) is 3.62. The van der Waals surface area contributed by atoms with E-state index in [9.17, 15) is 0 Å². The number of benzene rings is 1. The highest BCUT2D eigenvalue weighted by Crippen LogP contribution is 2.30. The normalized spacial score (nSPS) is 20.5. The molecule has 0 saturated heterocycles. The molecule has 0 aliphatic carbocycles. The van der Waals surface area contributed by atoms with Crippen LogP contribution in [-0.2, 0) is 4.74 Å². The van der Waals surface area contributed by atoms with Crippen molar-refractivity contribution >= 4 is 0 Å². The first-order valence-corrected chi connectivity index (χ1v) is 4.33. The van der Waals surface area contributed by atoms with Crippen LogP contribution in [0.2, 0.25) is 0 Å². The standard InChI is InChI=1S/C11H12O2/c1-12-10-6-3-2-5-9(10)11-7-4-8-13-11/h2-7,11H,8H2,1H3/t11-/m0/s1. The van der Waals surface area contributed by atoms with Crippen LogP contribution in [0.25, 0.3) is 0 Å². The summed E-state index contributed by atoms with van der Waals surface area (Å²) in [6.45, 7) is 0.697. The van der Waals surface area contributed by atoms with Gasteiger partial charge >= 0.3 is 0 Å². The maximum absolute atomic E-state index is 5.49. The molecule has 2 rings (SSSR count). The summed E-state index contributed by atoms with van der Waals surface area (Å²) in [5.74, 6) is 0.888. The summed E-state index contributed by atoms with van der Waals surface area (Å²) in [6, 6.07) is 7.93. The number of hydrogen-bond acceptors (Lipinski definition) is 2. The fraction of sp³-hybridized carbons (Fsp3) is 0.273. The summed E-state index contributed by atoms with van der Waals surface area (Å²) in [7, 11) is 1.68. The van der Waals surface area contributed by atoms with E-state index in [0.717, 1.165) is 11.3 Å². The lowest BCUT2D eigenvalue weighted by atomic mass is 10.1. The molecule has 0 saturated carbocycles. The lowest BCUT2D eigenvalue weighted by Gasteiger charge is -2.12. The summed E-state index contributed by atoms with van der Waals surface area (Å²) < 4.78 is 10.7. The molecule has 0 bridgehead atoms. The number of hydrogen-bond donors (Lipinski definition) is 0. The molecule has 0 radical (unpaired) electrons. The molecule has 1 atom stereocenters. The Morgan fingerprint density at radius 2 is 2.23 bits per heavy atom. The van der Waals surface area contributed by atoms with Gasteiger partial charge in [0.05, 0.1) is 13.7 Å². The molecule has 0 fully saturated rings. The van der Waals surface area contributed by atoms with E-state index in [-0.39, 0.29) is 6.10 Å². The van der Waals surface area contributed by atoms with Gasteiger partial charge < -0.3 is 9.47 Å². The van der Waals surface area contributed by atoms with Crippen LogP contribution in [-0.4, -0.2) is 13.7 Å². The van der Waals surface area contributed by atoms with Gasteiger partial charge in [0.15, 0.2) is 0 Å². The smallest absolute Gasteiger partial charge is 0.124 e. The van der Waals surface area contributed by atoms with Crippen molar-refractivity contribution < 1.29 is 9.47 Å². The van der Waals surface area contributed by atoms with Gasteiger partial charge in [0.2, 0.25) is 0 Å². The predicted octanol–water partition coefficient (Wildman–Crippen LogP) is 2.32. The fourth-order valence-electron chi connectivity index (χ4n) is 1.49. The maximum Gasteiger partial charge on any atom is 0.124 e. The Bertz CT molecular complexity index is 318. The van der Waals surface area contributed by atoms with Gasteiger partial charge in [0.25, 0.3) is 0 Å². The molecule has 1 aliphatic heterocycles. The van der Waals surface area contributed by atoms with Crippen molar-refractivity contribution in [2.75, 3.05) is 13.7 Å². The zero-order valence-corrected chi connectivity index (χ0v) is 7.57. The van der Waals surface area contributed by atoms with Gasteiger partial charge in [-0.1, -0.05) is 30.4 Å². The van der Waals surface area contributed by atoms with E-state index in [2.05, 4.69) is 6.08 Å². The summed E-state index contributed by atoms with van der Waals surface area (Å²) in [6.07, 6.45) is 4.14. The van der Waals surface area contributed by atoms with E-state index >= 15 is 0 Å². The quantitative estimate of drug-likeness (QED) is 0.644. The van der Waals surface area contributed by atoms with Crippen molar-refractivity contribution in [3.63, 3.8) is 0 Å². The Labute approximate surface area is 77.8 Å². The van der Waals surface area contributed by atoms with Gasteiger partial charge in [-0.25, -0.2) is 0 Å². The monoisotopic (exact) mass is 176 g/mol. The Morgan fingerprint density at radius 1 is 1.38 bits per heavy atom. The molecule has 2 nitrogen and oxygen atoms in total. The minimum absolute atomic E-state index is 0.0659. The zero-order valence-electron chi connectivity index (χ0n) is 7.57. The van der Waals surface area contributed by atoms with Crippen molar-refractivity contribution in [3.05, 3.63) is 42.0 Å². The minimum atomic E-state index is 0.0659. The number of rotatable bonds is 2. The Balaban J connectivity index is 2.32. The molecule has 1 heterocycles. The molecule has 0 N–H and O–H groups in total. The van der Waals surface area contributed by atoms with E-state index in [1.165, 1.54) is 0 Å². The van der Waals surface area contributed by atoms with Crippen LogP contribution in [0.4, 0.5) is 0 Å². The summed E-state index contributed by atoms with van der Waals surface area (Å²) >= 11 is 0. The topological polar surface area (TPSA) is 18.5 Å². The molecular weight excluding hydrogens is 164 g/mol.